The van der Waals surface area contributed by atoms with Crippen molar-refractivity contribution in [1.29, 1.82) is 0 Å². The SMILES string of the molecule is C/C(=C\C=C/C(C)n1c2ccccc2c2c3ccc4c(c3ccc21)c1ccccc1n4-c1cccc(-c2ccccc2)n1)c1ccccc1.CC.CC. The second-order valence-electron chi connectivity index (χ2n) is 12.8. The molecule has 1 atom stereocenters. The van der Waals surface area contributed by atoms with E-state index >= 15 is 0 Å². The summed E-state index contributed by atoms with van der Waals surface area (Å²) >= 11 is 0. The molecule has 0 amide bonds. The van der Waals surface area contributed by atoms with Gasteiger partial charge in [0.25, 0.3) is 0 Å². The van der Waals surface area contributed by atoms with E-state index < -0.39 is 0 Å². The maximum absolute atomic E-state index is 5.18. The van der Waals surface area contributed by atoms with E-state index in [4.69, 9.17) is 4.98 Å². The molecule has 9 aromatic rings. The molecule has 3 aromatic heterocycles. The molecular weight excluding hydrogens is 643 g/mol. The first kappa shape index (κ1) is 35.2. The van der Waals surface area contributed by atoms with Crippen LogP contribution in [0.15, 0.2) is 170 Å². The van der Waals surface area contributed by atoms with Crippen LogP contribution >= 0.6 is 0 Å². The molecule has 3 heterocycles. The summed E-state index contributed by atoms with van der Waals surface area (Å²) in [6.07, 6.45) is 6.72. The first-order valence-electron chi connectivity index (χ1n) is 19.0. The topological polar surface area (TPSA) is 22.8 Å². The van der Waals surface area contributed by atoms with Crippen LogP contribution in [0.25, 0.3) is 77.0 Å². The minimum Gasteiger partial charge on any atom is -0.334 e. The molecule has 0 aliphatic rings. The molecule has 0 saturated carbocycles. The molecule has 0 N–H and O–H groups in total. The summed E-state index contributed by atoms with van der Waals surface area (Å²) in [5, 5.41) is 7.59. The number of hydrogen-bond acceptors (Lipinski definition) is 1. The van der Waals surface area contributed by atoms with Crippen molar-refractivity contribution in [1.82, 2.24) is 14.1 Å². The minimum absolute atomic E-state index is 0.160. The average Bonchev–Trinajstić information content (AvgIpc) is 3.76. The van der Waals surface area contributed by atoms with Gasteiger partial charge in [-0.15, -0.1) is 0 Å². The van der Waals surface area contributed by atoms with Gasteiger partial charge in [-0.2, -0.15) is 0 Å². The normalized spacial score (nSPS) is 12.3. The van der Waals surface area contributed by atoms with Crippen LogP contribution < -0.4 is 0 Å². The standard InChI is InChI=1S/C46H35N3.2C2H6/c1-31(33-17-5-3-6-18-33)15-13-16-32(2)48-40-24-11-9-21-37(40)45-35-28-30-43-46(36(35)27-29-42(45)48)38-22-10-12-25-41(38)49(43)44-26-14-23-39(47-44)34-19-7-4-8-20-34;2*1-2/h3-30,32H,1-2H3;2*1-2H3/b16-13-,31-15+;;. The fraction of sp³-hybridized carbons (Fsp3) is 0.140. The van der Waals surface area contributed by atoms with Crippen LogP contribution in [0.5, 0.6) is 0 Å². The molecular formula is C50H47N3. The molecule has 3 heteroatoms. The minimum atomic E-state index is 0.160. The van der Waals surface area contributed by atoms with Crippen LogP contribution in [0, 0.1) is 0 Å². The Morgan fingerprint density at radius 1 is 0.528 bits per heavy atom. The van der Waals surface area contributed by atoms with Gasteiger partial charge in [0.05, 0.1) is 22.2 Å². The van der Waals surface area contributed by atoms with E-state index in [9.17, 15) is 0 Å². The van der Waals surface area contributed by atoms with Gasteiger partial charge in [-0.05, 0) is 72.2 Å². The van der Waals surface area contributed by atoms with Gasteiger partial charge in [0.15, 0.2) is 0 Å². The van der Waals surface area contributed by atoms with E-state index in [1.54, 1.807) is 0 Å². The van der Waals surface area contributed by atoms with Crippen LogP contribution in [0.3, 0.4) is 0 Å². The molecule has 0 spiro atoms. The molecule has 0 aliphatic carbocycles. The molecule has 0 saturated heterocycles. The summed E-state index contributed by atoms with van der Waals surface area (Å²) in [5.74, 6) is 0.918. The Balaban J connectivity index is 0.00000105. The van der Waals surface area contributed by atoms with Gasteiger partial charge in [0, 0.05) is 38.7 Å². The summed E-state index contributed by atoms with van der Waals surface area (Å²) in [4.78, 5) is 5.18. The molecule has 3 nitrogen and oxygen atoms in total. The molecule has 0 radical (unpaired) electrons. The highest BCUT2D eigenvalue weighted by atomic mass is 15.1. The summed E-state index contributed by atoms with van der Waals surface area (Å²) in [6.45, 7) is 12.5. The summed E-state index contributed by atoms with van der Waals surface area (Å²) < 4.78 is 4.81. The van der Waals surface area contributed by atoms with E-state index in [0.717, 1.165) is 28.1 Å². The molecule has 0 aliphatic heterocycles. The molecule has 262 valence electrons. The molecule has 53 heavy (non-hydrogen) atoms. The van der Waals surface area contributed by atoms with Gasteiger partial charge in [-0.3, -0.25) is 4.57 Å². The second-order valence-corrected chi connectivity index (χ2v) is 12.8. The van der Waals surface area contributed by atoms with Gasteiger partial charge in [0.2, 0.25) is 0 Å². The number of aromatic nitrogens is 3. The Bertz CT molecular complexity index is 2730. The zero-order valence-corrected chi connectivity index (χ0v) is 31.6. The highest BCUT2D eigenvalue weighted by molar-refractivity contribution is 6.29. The van der Waals surface area contributed by atoms with Gasteiger partial charge in [-0.25, -0.2) is 4.98 Å². The van der Waals surface area contributed by atoms with E-state index in [-0.39, 0.29) is 6.04 Å². The van der Waals surface area contributed by atoms with Crippen LogP contribution in [0.1, 0.15) is 53.1 Å². The van der Waals surface area contributed by atoms with Crippen molar-refractivity contribution in [2.45, 2.75) is 47.6 Å². The largest absolute Gasteiger partial charge is 0.334 e. The number of hydrogen-bond donors (Lipinski definition) is 0. The lowest BCUT2D eigenvalue weighted by Crippen LogP contribution is -2.01. The second kappa shape index (κ2) is 15.6. The fourth-order valence-electron chi connectivity index (χ4n) is 7.62. The highest BCUT2D eigenvalue weighted by Crippen LogP contribution is 2.42. The number of benzene rings is 6. The van der Waals surface area contributed by atoms with Crippen LogP contribution in [0.4, 0.5) is 0 Å². The average molecular weight is 690 g/mol. The predicted molar refractivity (Wildman–Crippen MR) is 231 cm³/mol. The lowest BCUT2D eigenvalue weighted by molar-refractivity contribution is 0.710. The van der Waals surface area contributed by atoms with Crippen molar-refractivity contribution in [2.24, 2.45) is 0 Å². The number of nitrogens with zero attached hydrogens (tertiary/aromatic N) is 3. The molecule has 0 fully saturated rings. The van der Waals surface area contributed by atoms with Crippen molar-refractivity contribution >= 4 is 60.0 Å². The smallest absolute Gasteiger partial charge is 0.138 e. The Labute approximate surface area is 313 Å². The lowest BCUT2D eigenvalue weighted by atomic mass is 9.99. The van der Waals surface area contributed by atoms with E-state index in [0.29, 0.717) is 0 Å². The van der Waals surface area contributed by atoms with Crippen LogP contribution in [-0.2, 0) is 0 Å². The Kier molecular flexibility index (Phi) is 10.4. The zero-order chi connectivity index (χ0) is 36.9. The summed E-state index contributed by atoms with van der Waals surface area (Å²) in [7, 11) is 0. The maximum Gasteiger partial charge on any atom is 0.138 e. The van der Waals surface area contributed by atoms with Crippen LogP contribution in [-0.4, -0.2) is 14.1 Å². The lowest BCUT2D eigenvalue weighted by Gasteiger charge is -2.13. The highest BCUT2D eigenvalue weighted by Gasteiger charge is 2.20. The monoisotopic (exact) mass is 689 g/mol. The zero-order valence-electron chi connectivity index (χ0n) is 31.6. The Morgan fingerprint density at radius 2 is 1.09 bits per heavy atom. The number of para-hydroxylation sites is 2. The summed E-state index contributed by atoms with van der Waals surface area (Å²) in [6, 6.07) is 54.3. The van der Waals surface area contributed by atoms with Gasteiger partial charge < -0.3 is 4.57 Å². The first-order valence-corrected chi connectivity index (χ1v) is 19.0. The quantitative estimate of drug-likeness (QED) is 0.159. The van der Waals surface area contributed by atoms with E-state index in [2.05, 4.69) is 187 Å². The van der Waals surface area contributed by atoms with Gasteiger partial charge >= 0.3 is 0 Å². The number of rotatable bonds is 6. The van der Waals surface area contributed by atoms with Crippen molar-refractivity contribution < 1.29 is 0 Å². The third-order valence-corrected chi connectivity index (χ3v) is 9.91. The van der Waals surface area contributed by atoms with Gasteiger partial charge in [-0.1, -0.05) is 161 Å². The van der Waals surface area contributed by atoms with Crippen molar-refractivity contribution in [3.8, 4) is 17.1 Å². The number of allylic oxidation sites excluding steroid dienone is 4. The van der Waals surface area contributed by atoms with E-state index in [1.807, 2.05) is 33.8 Å². The molecule has 6 aromatic carbocycles. The third-order valence-electron chi connectivity index (χ3n) is 9.91. The fourth-order valence-corrected chi connectivity index (χ4v) is 7.62. The Hall–Kier alpha value is -6.19. The molecule has 1 unspecified atom stereocenters. The predicted octanol–water partition coefficient (Wildman–Crippen LogP) is 14.4. The van der Waals surface area contributed by atoms with E-state index in [1.165, 1.54) is 54.5 Å². The Morgan fingerprint density at radius 3 is 1.79 bits per heavy atom. The van der Waals surface area contributed by atoms with Gasteiger partial charge in [0.1, 0.15) is 5.82 Å². The number of pyridine rings is 1. The third kappa shape index (κ3) is 6.33. The molecule has 0 bridgehead atoms. The first-order chi connectivity index (χ1) is 26.2. The summed E-state index contributed by atoms with van der Waals surface area (Å²) in [5.41, 5.74) is 9.38. The number of fused-ring (bicyclic) bond motifs is 9. The van der Waals surface area contributed by atoms with Crippen molar-refractivity contribution in [2.75, 3.05) is 0 Å². The van der Waals surface area contributed by atoms with Crippen molar-refractivity contribution in [3.63, 3.8) is 0 Å². The molecule has 9 rings (SSSR count). The maximum atomic E-state index is 5.18. The van der Waals surface area contributed by atoms with Crippen molar-refractivity contribution in [3.05, 3.63) is 175 Å². The van der Waals surface area contributed by atoms with Crippen LogP contribution in [0.2, 0.25) is 0 Å².